The molecule has 24 heavy (non-hydrogen) atoms. The Morgan fingerprint density at radius 2 is 1.96 bits per heavy atom. The molecule has 0 aromatic heterocycles. The van der Waals surface area contributed by atoms with E-state index in [1.165, 1.54) is 0 Å². The molecule has 0 unspecified atom stereocenters. The summed E-state index contributed by atoms with van der Waals surface area (Å²) in [6.45, 7) is 3.35. The normalized spacial score (nSPS) is 15.0. The molecule has 136 valence electrons. The fourth-order valence-electron chi connectivity index (χ4n) is 1.88. The fraction of sp³-hybridized carbons (Fsp3) is 0.500. The van der Waals surface area contributed by atoms with Crippen molar-refractivity contribution in [1.82, 2.24) is 4.72 Å². The third-order valence-electron chi connectivity index (χ3n) is 3.50. The molecule has 1 aromatic carbocycles. The third kappa shape index (κ3) is 4.84. The average molecular weight is 388 g/mol. The number of halogens is 4. The summed E-state index contributed by atoms with van der Waals surface area (Å²) in [6.07, 6.45) is -4.35. The van der Waals surface area contributed by atoms with E-state index in [4.69, 9.17) is 11.6 Å². The molecule has 5 nitrogen and oxygen atoms in total. The van der Waals surface area contributed by atoms with Crippen LogP contribution in [0.25, 0.3) is 0 Å². The Morgan fingerprint density at radius 1 is 1.38 bits per heavy atom. The van der Waals surface area contributed by atoms with E-state index in [2.05, 4.69) is 9.46 Å². The van der Waals surface area contributed by atoms with Crippen LogP contribution < -0.4 is 4.72 Å². The van der Waals surface area contributed by atoms with E-state index >= 15 is 0 Å². The SMILES string of the molecule is CC[C@@H](C)[C@H](NS(=O)(=O)c1ccc(Cl)c(C(F)(F)F)c1)C(=O)OC. The number of carbonyl (C=O) groups excluding carboxylic acids is 1. The second kappa shape index (κ2) is 7.71. The van der Waals surface area contributed by atoms with Crippen molar-refractivity contribution in [3.8, 4) is 0 Å². The summed E-state index contributed by atoms with van der Waals surface area (Å²) in [5, 5.41) is -0.618. The number of sulfonamides is 1. The molecule has 10 heteroatoms. The summed E-state index contributed by atoms with van der Waals surface area (Å²) in [4.78, 5) is 11.1. The van der Waals surface area contributed by atoms with Crippen LogP contribution in [-0.2, 0) is 25.7 Å². The standard InChI is InChI=1S/C14H17ClF3NO4S/c1-4-8(2)12(13(20)23-3)19-24(21,22)9-5-6-11(15)10(7-9)14(16,17)18/h5-8,12,19H,4H2,1-3H3/t8-,12+/m1/s1. The van der Waals surface area contributed by atoms with Gasteiger partial charge >= 0.3 is 12.1 Å². The monoisotopic (exact) mass is 387 g/mol. The van der Waals surface area contributed by atoms with Crippen molar-refractivity contribution in [1.29, 1.82) is 0 Å². The zero-order valence-electron chi connectivity index (χ0n) is 13.1. The Morgan fingerprint density at radius 3 is 2.42 bits per heavy atom. The molecule has 2 atom stereocenters. The van der Waals surface area contributed by atoms with Gasteiger partial charge in [0.25, 0.3) is 0 Å². The van der Waals surface area contributed by atoms with Crippen LogP contribution in [0, 0.1) is 5.92 Å². The molecule has 1 rings (SSSR count). The molecule has 0 spiro atoms. The lowest BCUT2D eigenvalue weighted by molar-refractivity contribution is -0.144. The quantitative estimate of drug-likeness (QED) is 0.761. The summed E-state index contributed by atoms with van der Waals surface area (Å²) >= 11 is 5.47. The Bertz CT molecular complexity index is 706. The highest BCUT2D eigenvalue weighted by molar-refractivity contribution is 7.89. The average Bonchev–Trinajstić information content (AvgIpc) is 2.50. The first-order chi connectivity index (χ1) is 10.9. The number of benzene rings is 1. The zero-order valence-corrected chi connectivity index (χ0v) is 14.7. The van der Waals surface area contributed by atoms with E-state index in [0.717, 1.165) is 19.2 Å². The molecule has 1 N–H and O–H groups in total. The lowest BCUT2D eigenvalue weighted by atomic mass is 10.0. The largest absolute Gasteiger partial charge is 0.468 e. The first kappa shape index (κ1) is 20.7. The molecule has 0 saturated heterocycles. The van der Waals surface area contributed by atoms with Crippen molar-refractivity contribution in [3.63, 3.8) is 0 Å². The summed E-state index contributed by atoms with van der Waals surface area (Å²) in [6, 6.07) is 0.991. The van der Waals surface area contributed by atoms with E-state index in [1.807, 2.05) is 0 Å². The van der Waals surface area contributed by atoms with Gasteiger partial charge in [-0.3, -0.25) is 4.79 Å². The van der Waals surface area contributed by atoms with Gasteiger partial charge < -0.3 is 4.74 Å². The molecule has 0 saturated carbocycles. The minimum Gasteiger partial charge on any atom is -0.468 e. The van der Waals surface area contributed by atoms with Crippen molar-refractivity contribution in [2.24, 2.45) is 5.92 Å². The van der Waals surface area contributed by atoms with Gasteiger partial charge in [-0.05, 0) is 24.1 Å². The Hall–Kier alpha value is -1.32. The van der Waals surface area contributed by atoms with E-state index in [-0.39, 0.29) is 0 Å². The van der Waals surface area contributed by atoms with Crippen LogP contribution in [0.1, 0.15) is 25.8 Å². The molecule has 0 fully saturated rings. The molecular formula is C14H17ClF3NO4S. The smallest absolute Gasteiger partial charge is 0.417 e. The number of ether oxygens (including phenoxy) is 1. The van der Waals surface area contributed by atoms with Gasteiger partial charge in [0.2, 0.25) is 10.0 Å². The predicted molar refractivity (Wildman–Crippen MR) is 82.0 cm³/mol. The molecule has 1 aromatic rings. The fourth-order valence-corrected chi connectivity index (χ4v) is 3.43. The highest BCUT2D eigenvalue weighted by Gasteiger charge is 2.36. The topological polar surface area (TPSA) is 72.5 Å². The second-order valence-electron chi connectivity index (χ2n) is 5.15. The van der Waals surface area contributed by atoms with Gasteiger partial charge in [0.15, 0.2) is 0 Å². The lowest BCUT2D eigenvalue weighted by Gasteiger charge is -2.22. The van der Waals surface area contributed by atoms with Crippen LogP contribution in [0.2, 0.25) is 5.02 Å². The van der Waals surface area contributed by atoms with Crippen LogP contribution >= 0.6 is 11.6 Å². The van der Waals surface area contributed by atoms with Gasteiger partial charge in [-0.1, -0.05) is 31.9 Å². The van der Waals surface area contributed by atoms with E-state index < -0.39 is 49.6 Å². The summed E-state index contributed by atoms with van der Waals surface area (Å²) in [5.41, 5.74) is -1.27. The molecule has 0 amide bonds. The highest BCUT2D eigenvalue weighted by atomic mass is 35.5. The maximum atomic E-state index is 12.9. The van der Waals surface area contributed by atoms with Crippen molar-refractivity contribution in [2.45, 2.75) is 37.4 Å². The van der Waals surface area contributed by atoms with Gasteiger partial charge in [0, 0.05) is 0 Å². The molecule has 0 aliphatic carbocycles. The Kier molecular flexibility index (Phi) is 6.66. The highest BCUT2D eigenvalue weighted by Crippen LogP contribution is 2.36. The Labute approximate surface area is 143 Å². The van der Waals surface area contributed by atoms with E-state index in [1.54, 1.807) is 13.8 Å². The number of rotatable bonds is 6. The summed E-state index contributed by atoms with van der Waals surface area (Å²) in [5.74, 6) is -1.24. The molecule has 0 heterocycles. The van der Waals surface area contributed by atoms with Gasteiger partial charge in [0.1, 0.15) is 6.04 Å². The maximum absolute atomic E-state index is 12.9. The maximum Gasteiger partial charge on any atom is 0.417 e. The van der Waals surface area contributed by atoms with Crippen LogP contribution in [0.4, 0.5) is 13.2 Å². The molecule has 0 aliphatic heterocycles. The van der Waals surface area contributed by atoms with Gasteiger partial charge in [-0.15, -0.1) is 0 Å². The van der Waals surface area contributed by atoms with Crippen LogP contribution in [0.15, 0.2) is 23.1 Å². The van der Waals surface area contributed by atoms with Crippen molar-refractivity contribution in [2.75, 3.05) is 7.11 Å². The Balaban J connectivity index is 3.27. The molecule has 0 bridgehead atoms. The van der Waals surface area contributed by atoms with Crippen LogP contribution in [0.5, 0.6) is 0 Å². The summed E-state index contributed by atoms with van der Waals surface area (Å²) < 4.78 is 69.9. The lowest BCUT2D eigenvalue weighted by Crippen LogP contribution is -2.45. The number of hydrogen-bond acceptors (Lipinski definition) is 4. The van der Waals surface area contributed by atoms with Crippen molar-refractivity contribution >= 4 is 27.6 Å². The number of alkyl halides is 3. The van der Waals surface area contributed by atoms with Gasteiger partial charge in [-0.25, -0.2) is 8.42 Å². The van der Waals surface area contributed by atoms with E-state index in [0.29, 0.717) is 12.5 Å². The molecular weight excluding hydrogens is 371 g/mol. The first-order valence-corrected chi connectivity index (χ1v) is 8.77. The predicted octanol–water partition coefficient (Wildman–Crippen LogP) is 3.22. The third-order valence-corrected chi connectivity index (χ3v) is 5.27. The minimum atomic E-state index is -4.80. The number of methoxy groups -OCH3 is 1. The van der Waals surface area contributed by atoms with E-state index in [9.17, 15) is 26.4 Å². The molecule has 0 radical (unpaired) electrons. The number of hydrogen-bond donors (Lipinski definition) is 1. The van der Waals surface area contributed by atoms with Gasteiger partial charge in [0.05, 0.1) is 22.6 Å². The molecule has 0 aliphatic rings. The number of carbonyl (C=O) groups is 1. The van der Waals surface area contributed by atoms with Gasteiger partial charge in [-0.2, -0.15) is 17.9 Å². The van der Waals surface area contributed by atoms with Crippen LogP contribution in [0.3, 0.4) is 0 Å². The first-order valence-electron chi connectivity index (χ1n) is 6.91. The second-order valence-corrected chi connectivity index (χ2v) is 7.27. The number of esters is 1. The summed E-state index contributed by atoms with van der Waals surface area (Å²) in [7, 11) is -3.29. The van der Waals surface area contributed by atoms with Crippen molar-refractivity contribution in [3.05, 3.63) is 28.8 Å². The minimum absolute atomic E-state index is 0.415. The zero-order chi connectivity index (χ0) is 18.7. The number of nitrogens with one attached hydrogen (secondary N) is 1. The van der Waals surface area contributed by atoms with Crippen LogP contribution in [-0.4, -0.2) is 27.5 Å². The van der Waals surface area contributed by atoms with Crippen molar-refractivity contribution < 1.29 is 31.1 Å².